The average Bonchev–Trinajstić information content (AvgIpc) is 3.01. The number of nitrogens with zero attached hydrogens (tertiary/aromatic N) is 1. The molecule has 0 saturated heterocycles. The van der Waals surface area contributed by atoms with Crippen molar-refractivity contribution in [3.8, 4) is 11.5 Å². The van der Waals surface area contributed by atoms with Crippen LogP contribution in [0.4, 0.5) is 0 Å². The van der Waals surface area contributed by atoms with Crippen molar-refractivity contribution in [2.45, 2.75) is 25.2 Å². The summed E-state index contributed by atoms with van der Waals surface area (Å²) in [6.45, 7) is 3.70. The number of benzene rings is 2. The van der Waals surface area contributed by atoms with Crippen LogP contribution < -0.4 is 9.47 Å². The number of fused-ring (bicyclic) bond motifs is 1. The van der Waals surface area contributed by atoms with E-state index in [1.807, 2.05) is 6.92 Å². The van der Waals surface area contributed by atoms with E-state index in [0.29, 0.717) is 28.0 Å². The maximum Gasteiger partial charge on any atom is 0.268 e. The SMILES string of the molecule is COc1cc(OC)c2c(c(C)cn2S(=O)(=O)c2ccc(C)cc2)c1CC=O. The fourth-order valence-electron chi connectivity index (χ4n) is 3.25. The summed E-state index contributed by atoms with van der Waals surface area (Å²) in [5, 5.41) is 0.647. The highest BCUT2D eigenvalue weighted by Gasteiger charge is 2.26. The maximum atomic E-state index is 13.3. The summed E-state index contributed by atoms with van der Waals surface area (Å²) in [5.74, 6) is 0.848. The lowest BCUT2D eigenvalue weighted by atomic mass is 10.0. The van der Waals surface area contributed by atoms with Crippen molar-refractivity contribution in [3.63, 3.8) is 0 Å². The molecule has 2 aromatic carbocycles. The van der Waals surface area contributed by atoms with E-state index in [1.54, 1.807) is 43.5 Å². The van der Waals surface area contributed by atoms with Gasteiger partial charge in [-0.25, -0.2) is 12.4 Å². The summed E-state index contributed by atoms with van der Waals surface area (Å²) in [6, 6.07) is 8.27. The van der Waals surface area contributed by atoms with Gasteiger partial charge in [0.15, 0.2) is 0 Å². The van der Waals surface area contributed by atoms with E-state index in [1.165, 1.54) is 18.2 Å². The van der Waals surface area contributed by atoms with Gasteiger partial charge in [-0.2, -0.15) is 0 Å². The molecule has 0 aliphatic heterocycles. The van der Waals surface area contributed by atoms with E-state index in [4.69, 9.17) is 9.47 Å². The first-order valence-corrected chi connectivity index (χ1v) is 9.80. The number of aldehydes is 1. The quantitative estimate of drug-likeness (QED) is 0.607. The molecule has 0 radical (unpaired) electrons. The Morgan fingerprint density at radius 3 is 2.22 bits per heavy atom. The Kier molecular flexibility index (Phi) is 4.97. The Labute approximate surface area is 158 Å². The fourth-order valence-corrected chi connectivity index (χ4v) is 4.68. The molecule has 0 amide bonds. The molecule has 0 saturated carbocycles. The van der Waals surface area contributed by atoms with Crippen LogP contribution in [0.1, 0.15) is 16.7 Å². The van der Waals surface area contributed by atoms with E-state index in [-0.39, 0.29) is 11.3 Å². The molecule has 0 spiro atoms. The number of ether oxygens (including phenoxy) is 2. The van der Waals surface area contributed by atoms with Crippen molar-refractivity contribution in [3.05, 3.63) is 53.2 Å². The Bertz CT molecular complexity index is 1110. The van der Waals surface area contributed by atoms with Crippen LogP contribution in [-0.4, -0.2) is 32.9 Å². The lowest BCUT2D eigenvalue weighted by Gasteiger charge is -2.14. The Balaban J connectivity index is 2.40. The molecule has 27 heavy (non-hydrogen) atoms. The second-order valence-electron chi connectivity index (χ2n) is 6.28. The third-order valence-electron chi connectivity index (χ3n) is 4.56. The standard InChI is InChI=1S/C20H21NO5S/c1-13-5-7-15(8-6-13)27(23,24)21-12-14(2)19-16(9-10-22)17(25-3)11-18(26-4)20(19)21/h5-8,10-12H,9H2,1-4H3. The summed E-state index contributed by atoms with van der Waals surface area (Å²) >= 11 is 0. The smallest absolute Gasteiger partial charge is 0.268 e. The molecule has 142 valence electrons. The van der Waals surface area contributed by atoms with Gasteiger partial charge in [0.2, 0.25) is 0 Å². The molecule has 1 aromatic heterocycles. The molecule has 0 fully saturated rings. The predicted molar refractivity (Wildman–Crippen MR) is 103 cm³/mol. The summed E-state index contributed by atoms with van der Waals surface area (Å²) in [5.41, 5.74) is 2.72. The van der Waals surface area contributed by atoms with Gasteiger partial charge in [-0.15, -0.1) is 0 Å². The van der Waals surface area contributed by atoms with Crippen molar-refractivity contribution < 1.29 is 22.7 Å². The van der Waals surface area contributed by atoms with E-state index in [2.05, 4.69) is 0 Å². The van der Waals surface area contributed by atoms with Crippen LogP contribution in [0.3, 0.4) is 0 Å². The summed E-state index contributed by atoms with van der Waals surface area (Å²) in [7, 11) is -0.863. The van der Waals surface area contributed by atoms with Crippen LogP contribution >= 0.6 is 0 Å². The van der Waals surface area contributed by atoms with Crippen LogP contribution in [0, 0.1) is 13.8 Å². The lowest BCUT2D eigenvalue weighted by molar-refractivity contribution is -0.107. The zero-order valence-electron chi connectivity index (χ0n) is 15.6. The molecule has 0 N–H and O–H groups in total. The van der Waals surface area contributed by atoms with Crippen molar-refractivity contribution in [2.75, 3.05) is 14.2 Å². The molecule has 0 aliphatic rings. The van der Waals surface area contributed by atoms with E-state index in [0.717, 1.165) is 17.4 Å². The third-order valence-corrected chi connectivity index (χ3v) is 6.24. The van der Waals surface area contributed by atoms with Gasteiger partial charge in [0.25, 0.3) is 10.0 Å². The van der Waals surface area contributed by atoms with E-state index >= 15 is 0 Å². The Morgan fingerprint density at radius 2 is 1.67 bits per heavy atom. The van der Waals surface area contributed by atoms with Crippen LogP contribution in [-0.2, 0) is 21.2 Å². The largest absolute Gasteiger partial charge is 0.496 e. The molecule has 1 heterocycles. The number of hydrogen-bond donors (Lipinski definition) is 0. The highest BCUT2D eigenvalue weighted by Crippen LogP contribution is 2.40. The molecular formula is C20H21NO5S. The second kappa shape index (κ2) is 7.08. The highest BCUT2D eigenvalue weighted by molar-refractivity contribution is 7.90. The van der Waals surface area contributed by atoms with Crippen LogP contribution in [0.15, 0.2) is 41.4 Å². The second-order valence-corrected chi connectivity index (χ2v) is 8.09. The van der Waals surface area contributed by atoms with Crippen LogP contribution in [0.25, 0.3) is 10.9 Å². The van der Waals surface area contributed by atoms with E-state index < -0.39 is 10.0 Å². The lowest BCUT2D eigenvalue weighted by Crippen LogP contribution is -2.12. The first-order chi connectivity index (χ1) is 12.8. The Hall–Kier alpha value is -2.80. The fraction of sp³-hybridized carbons (Fsp3) is 0.250. The summed E-state index contributed by atoms with van der Waals surface area (Å²) < 4.78 is 38.6. The summed E-state index contributed by atoms with van der Waals surface area (Å²) in [6.07, 6.45) is 2.43. The number of rotatable bonds is 6. The number of methoxy groups -OCH3 is 2. The Morgan fingerprint density at radius 1 is 1.04 bits per heavy atom. The van der Waals surface area contributed by atoms with Crippen LogP contribution in [0.5, 0.6) is 11.5 Å². The molecular weight excluding hydrogens is 366 g/mol. The normalized spacial score (nSPS) is 11.6. The average molecular weight is 387 g/mol. The number of carbonyl (C=O) groups is 1. The number of aromatic nitrogens is 1. The van der Waals surface area contributed by atoms with Gasteiger partial charge < -0.3 is 14.3 Å². The van der Waals surface area contributed by atoms with Gasteiger partial charge >= 0.3 is 0 Å². The van der Waals surface area contributed by atoms with Gasteiger partial charge in [-0.3, -0.25) is 0 Å². The van der Waals surface area contributed by atoms with Gasteiger partial charge in [-0.1, -0.05) is 17.7 Å². The first kappa shape index (κ1) is 19.0. The number of aryl methyl sites for hydroxylation is 2. The summed E-state index contributed by atoms with van der Waals surface area (Å²) in [4.78, 5) is 11.4. The molecule has 6 nitrogen and oxygen atoms in total. The van der Waals surface area contributed by atoms with Crippen LogP contribution in [0.2, 0.25) is 0 Å². The predicted octanol–water partition coefficient (Wildman–Crippen LogP) is 3.25. The van der Waals surface area contributed by atoms with E-state index in [9.17, 15) is 13.2 Å². The van der Waals surface area contributed by atoms with Crippen molar-refractivity contribution in [1.82, 2.24) is 3.97 Å². The zero-order valence-corrected chi connectivity index (χ0v) is 16.5. The number of carbonyl (C=O) groups excluding carboxylic acids is 1. The molecule has 0 unspecified atom stereocenters. The minimum absolute atomic E-state index is 0.110. The van der Waals surface area contributed by atoms with Crippen molar-refractivity contribution in [2.24, 2.45) is 0 Å². The minimum Gasteiger partial charge on any atom is -0.496 e. The van der Waals surface area contributed by atoms with Gasteiger partial charge in [0.05, 0.1) is 19.1 Å². The van der Waals surface area contributed by atoms with Crippen molar-refractivity contribution >= 4 is 27.2 Å². The topological polar surface area (TPSA) is 74.6 Å². The molecule has 0 bridgehead atoms. The highest BCUT2D eigenvalue weighted by atomic mass is 32.2. The number of hydrogen-bond acceptors (Lipinski definition) is 5. The molecule has 3 aromatic rings. The third kappa shape index (κ3) is 3.08. The van der Waals surface area contributed by atoms with Gasteiger partial charge in [-0.05, 0) is 31.5 Å². The minimum atomic E-state index is -3.84. The molecule has 7 heteroatoms. The first-order valence-electron chi connectivity index (χ1n) is 8.36. The zero-order chi connectivity index (χ0) is 19.8. The van der Waals surface area contributed by atoms with Gasteiger partial charge in [0, 0.05) is 29.6 Å². The molecule has 0 aliphatic carbocycles. The molecule has 0 atom stereocenters. The maximum absolute atomic E-state index is 13.3. The van der Waals surface area contributed by atoms with Gasteiger partial charge in [0.1, 0.15) is 23.3 Å². The molecule has 3 rings (SSSR count). The monoisotopic (exact) mass is 387 g/mol. The van der Waals surface area contributed by atoms with Crippen molar-refractivity contribution in [1.29, 1.82) is 0 Å².